The summed E-state index contributed by atoms with van der Waals surface area (Å²) in [4.78, 5) is 42.9. The summed E-state index contributed by atoms with van der Waals surface area (Å²) in [7, 11) is 2.99. The van der Waals surface area contributed by atoms with E-state index in [1.165, 1.54) is 14.2 Å². The third kappa shape index (κ3) is 3.78. The van der Waals surface area contributed by atoms with Crippen molar-refractivity contribution >= 4 is 23.4 Å². The van der Waals surface area contributed by atoms with E-state index >= 15 is 0 Å². The largest absolute Gasteiger partial charge is 0.493 e. The zero-order valence-electron chi connectivity index (χ0n) is 19.4. The van der Waals surface area contributed by atoms with Crippen molar-refractivity contribution in [3.8, 4) is 11.5 Å². The molecular formula is C26H25N3O6. The number of furan rings is 1. The van der Waals surface area contributed by atoms with Gasteiger partial charge in [-0.3, -0.25) is 19.3 Å². The second-order valence-corrected chi connectivity index (χ2v) is 8.26. The number of rotatable bonds is 8. The van der Waals surface area contributed by atoms with Crippen molar-refractivity contribution in [2.45, 2.75) is 19.0 Å². The fourth-order valence-electron chi connectivity index (χ4n) is 4.74. The molecule has 2 aromatic carbocycles. The number of ether oxygens (including phenoxy) is 2. The molecule has 3 heterocycles. The number of nitrogens with one attached hydrogen (secondary N) is 1. The highest BCUT2D eigenvalue weighted by Gasteiger charge is 2.49. The maximum Gasteiger partial charge on any atom is 0.264 e. The van der Waals surface area contributed by atoms with Gasteiger partial charge in [-0.25, -0.2) is 0 Å². The first-order valence-corrected chi connectivity index (χ1v) is 11.3. The van der Waals surface area contributed by atoms with Gasteiger partial charge in [0.2, 0.25) is 5.91 Å². The zero-order valence-corrected chi connectivity index (χ0v) is 19.4. The Morgan fingerprint density at radius 3 is 2.60 bits per heavy atom. The van der Waals surface area contributed by atoms with Crippen molar-refractivity contribution in [2.24, 2.45) is 0 Å². The van der Waals surface area contributed by atoms with Crippen molar-refractivity contribution in [2.75, 3.05) is 32.2 Å². The van der Waals surface area contributed by atoms with Crippen LogP contribution in [0.1, 0.15) is 44.6 Å². The summed E-state index contributed by atoms with van der Waals surface area (Å²) in [5, 5.41) is 2.86. The van der Waals surface area contributed by atoms with E-state index < -0.39 is 6.17 Å². The third-order valence-electron chi connectivity index (χ3n) is 6.34. The minimum atomic E-state index is -0.685. The average Bonchev–Trinajstić information content (AvgIpc) is 3.50. The van der Waals surface area contributed by atoms with Crippen molar-refractivity contribution in [1.29, 1.82) is 0 Å². The molecule has 35 heavy (non-hydrogen) atoms. The molecule has 3 aromatic rings. The van der Waals surface area contributed by atoms with Gasteiger partial charge in [-0.15, -0.1) is 0 Å². The molecule has 0 spiro atoms. The lowest BCUT2D eigenvalue weighted by Crippen LogP contribution is -2.49. The molecule has 0 fully saturated rings. The van der Waals surface area contributed by atoms with E-state index in [1.807, 2.05) is 6.07 Å². The molecule has 0 radical (unpaired) electrons. The third-order valence-corrected chi connectivity index (χ3v) is 6.34. The molecule has 180 valence electrons. The molecule has 5 rings (SSSR count). The average molecular weight is 476 g/mol. The van der Waals surface area contributed by atoms with Crippen LogP contribution in [0, 0.1) is 0 Å². The molecule has 9 heteroatoms. The van der Waals surface area contributed by atoms with Gasteiger partial charge in [0.1, 0.15) is 11.9 Å². The van der Waals surface area contributed by atoms with Crippen LogP contribution >= 0.6 is 0 Å². The van der Waals surface area contributed by atoms with Crippen LogP contribution in [0.5, 0.6) is 11.5 Å². The molecule has 0 bridgehead atoms. The van der Waals surface area contributed by atoms with Crippen LogP contribution in [-0.4, -0.2) is 49.9 Å². The molecular weight excluding hydrogens is 450 g/mol. The minimum absolute atomic E-state index is 0.0905. The summed E-state index contributed by atoms with van der Waals surface area (Å²) in [5.74, 6) is 0.835. The van der Waals surface area contributed by atoms with Gasteiger partial charge in [0.25, 0.3) is 11.8 Å². The summed E-state index contributed by atoms with van der Waals surface area (Å²) in [6.45, 7) is 0.568. The Bertz CT molecular complexity index is 1290. The maximum atomic E-state index is 13.7. The monoisotopic (exact) mass is 475 g/mol. The fourth-order valence-corrected chi connectivity index (χ4v) is 4.74. The molecule has 1 atom stereocenters. The van der Waals surface area contributed by atoms with Gasteiger partial charge in [-0.1, -0.05) is 18.2 Å². The Hall–Kier alpha value is -4.27. The van der Waals surface area contributed by atoms with Crippen LogP contribution in [0.2, 0.25) is 0 Å². The van der Waals surface area contributed by atoms with Crippen LogP contribution in [0.15, 0.2) is 59.2 Å². The predicted molar refractivity (Wildman–Crippen MR) is 127 cm³/mol. The van der Waals surface area contributed by atoms with Gasteiger partial charge in [-0.2, -0.15) is 0 Å². The van der Waals surface area contributed by atoms with E-state index in [1.54, 1.807) is 58.5 Å². The second kappa shape index (κ2) is 9.17. The van der Waals surface area contributed by atoms with Crippen LogP contribution < -0.4 is 19.7 Å². The summed E-state index contributed by atoms with van der Waals surface area (Å²) in [5.41, 5.74) is 1.93. The maximum absolute atomic E-state index is 13.7. The Kier molecular flexibility index (Phi) is 5.90. The first kappa shape index (κ1) is 22.5. The van der Waals surface area contributed by atoms with Crippen molar-refractivity contribution < 1.29 is 28.3 Å². The van der Waals surface area contributed by atoms with E-state index in [2.05, 4.69) is 5.32 Å². The quantitative estimate of drug-likeness (QED) is 0.537. The van der Waals surface area contributed by atoms with E-state index in [-0.39, 0.29) is 30.7 Å². The number of hydrogen-bond acceptors (Lipinski definition) is 6. The fraction of sp³-hybridized carbons (Fsp3) is 0.269. The van der Waals surface area contributed by atoms with Gasteiger partial charge < -0.3 is 24.1 Å². The Morgan fingerprint density at radius 2 is 1.86 bits per heavy atom. The lowest BCUT2D eigenvalue weighted by Gasteiger charge is -2.40. The number of carbonyl (C=O) groups is 3. The molecule has 2 aliphatic rings. The lowest BCUT2D eigenvalue weighted by molar-refractivity contribution is -0.121. The van der Waals surface area contributed by atoms with Gasteiger partial charge in [-0.05, 0) is 30.3 Å². The summed E-state index contributed by atoms with van der Waals surface area (Å²) < 4.78 is 16.2. The molecule has 0 saturated carbocycles. The number of anilines is 1. The number of methoxy groups -OCH3 is 2. The van der Waals surface area contributed by atoms with Gasteiger partial charge >= 0.3 is 0 Å². The van der Waals surface area contributed by atoms with Crippen molar-refractivity contribution in [1.82, 2.24) is 10.2 Å². The molecule has 1 unspecified atom stereocenters. The Balaban J connectivity index is 1.43. The molecule has 1 N–H and O–H groups in total. The Labute approximate surface area is 202 Å². The van der Waals surface area contributed by atoms with Gasteiger partial charge in [0.05, 0.1) is 37.3 Å². The topological polar surface area (TPSA) is 101 Å². The summed E-state index contributed by atoms with van der Waals surface area (Å²) in [6, 6.07) is 14.1. The highest BCUT2D eigenvalue weighted by Crippen LogP contribution is 2.49. The molecule has 0 aliphatic carbocycles. The second-order valence-electron chi connectivity index (χ2n) is 8.26. The number of hydrogen-bond donors (Lipinski definition) is 1. The molecule has 2 aliphatic heterocycles. The molecule has 0 saturated heterocycles. The smallest absolute Gasteiger partial charge is 0.264 e. The van der Waals surface area contributed by atoms with Crippen LogP contribution in [0.3, 0.4) is 0 Å². The van der Waals surface area contributed by atoms with Crippen LogP contribution in [-0.2, 0) is 11.2 Å². The number of benzene rings is 2. The van der Waals surface area contributed by atoms with Gasteiger partial charge in [0.15, 0.2) is 11.5 Å². The first-order chi connectivity index (χ1) is 17.0. The predicted octanol–water partition coefficient (Wildman–Crippen LogP) is 3.16. The van der Waals surface area contributed by atoms with Crippen molar-refractivity contribution in [3.63, 3.8) is 0 Å². The zero-order chi connectivity index (χ0) is 24.5. The van der Waals surface area contributed by atoms with E-state index in [9.17, 15) is 14.4 Å². The highest BCUT2D eigenvalue weighted by molar-refractivity contribution is 6.18. The lowest BCUT2D eigenvalue weighted by atomic mass is 10.0. The number of fused-ring (bicyclic) bond motifs is 5. The number of para-hydroxylation sites is 1. The van der Waals surface area contributed by atoms with E-state index in [4.69, 9.17) is 13.9 Å². The summed E-state index contributed by atoms with van der Waals surface area (Å²) >= 11 is 0. The molecule has 1 aromatic heterocycles. The van der Waals surface area contributed by atoms with Gasteiger partial charge in [0, 0.05) is 31.5 Å². The van der Waals surface area contributed by atoms with E-state index in [0.29, 0.717) is 46.8 Å². The Morgan fingerprint density at radius 1 is 1.03 bits per heavy atom. The molecule has 9 nitrogen and oxygen atoms in total. The normalized spacial score (nSPS) is 16.0. The molecule has 3 amide bonds. The van der Waals surface area contributed by atoms with Crippen LogP contribution in [0.25, 0.3) is 0 Å². The van der Waals surface area contributed by atoms with Crippen molar-refractivity contribution in [3.05, 3.63) is 77.2 Å². The highest BCUT2D eigenvalue weighted by atomic mass is 16.5. The number of amides is 3. The van der Waals surface area contributed by atoms with Crippen LogP contribution in [0.4, 0.5) is 5.69 Å². The summed E-state index contributed by atoms with van der Waals surface area (Å²) in [6.07, 6.45) is 1.58. The first-order valence-electron chi connectivity index (χ1n) is 11.3. The number of nitrogens with zero attached hydrogens (tertiary/aromatic N) is 2. The van der Waals surface area contributed by atoms with E-state index in [0.717, 1.165) is 5.76 Å². The standard InChI is InChI=1S/C26H25N3O6/c1-33-20-10-9-18-22(23(20)34-2)26(32)29-19-8-4-3-7-17(19)25(31)28(24(18)29)14-12-21(30)27-13-11-16-6-5-15-35-16/h3-10,15,24H,11-14H2,1-2H3,(H,27,30). The SMILES string of the molecule is COc1ccc2c(c1OC)C(=O)N1c3ccccc3C(=O)N(CCC(=O)NCCc3ccco3)C21. The number of carbonyl (C=O) groups excluding carboxylic acids is 3. The minimum Gasteiger partial charge on any atom is -0.493 e.